The Bertz CT molecular complexity index is 256. The van der Waals surface area contributed by atoms with E-state index in [-0.39, 0.29) is 0 Å². The minimum atomic E-state index is 0.297. The molecular weight excluding hydrogens is 186 g/mol. The number of hydrogen-bond acceptors (Lipinski definition) is 3. The van der Waals surface area contributed by atoms with Crippen LogP contribution in [0.15, 0.2) is 0 Å². The fourth-order valence-corrected chi connectivity index (χ4v) is 3.02. The standard InChI is InChI=1S/C12H21N3/c1-14(2)11-6-7-15(9-11)12-5-3-4-10(12)8-13/h10-12H,3-7,9H2,1-2H3. The van der Waals surface area contributed by atoms with E-state index in [0.29, 0.717) is 18.0 Å². The third kappa shape index (κ3) is 2.16. The number of likely N-dealkylation sites (tertiary alicyclic amines) is 1. The summed E-state index contributed by atoms with van der Waals surface area (Å²) in [7, 11) is 4.31. The second-order valence-corrected chi connectivity index (χ2v) is 5.13. The zero-order chi connectivity index (χ0) is 10.8. The molecule has 1 aliphatic heterocycles. The predicted molar refractivity (Wildman–Crippen MR) is 60.4 cm³/mol. The third-order valence-corrected chi connectivity index (χ3v) is 4.04. The molecule has 15 heavy (non-hydrogen) atoms. The average molecular weight is 207 g/mol. The molecule has 2 rings (SSSR count). The van der Waals surface area contributed by atoms with Crippen molar-refractivity contribution in [3.05, 3.63) is 0 Å². The van der Waals surface area contributed by atoms with Crippen molar-refractivity contribution in [1.29, 1.82) is 5.26 Å². The molecule has 0 aromatic heterocycles. The fraction of sp³-hybridized carbons (Fsp3) is 0.917. The summed E-state index contributed by atoms with van der Waals surface area (Å²) in [6.07, 6.45) is 4.86. The second kappa shape index (κ2) is 4.51. The lowest BCUT2D eigenvalue weighted by Crippen LogP contribution is -2.38. The molecule has 3 atom stereocenters. The Kier molecular flexibility index (Phi) is 3.28. The minimum absolute atomic E-state index is 0.297. The summed E-state index contributed by atoms with van der Waals surface area (Å²) in [6.45, 7) is 2.35. The Labute approximate surface area is 92.7 Å². The first kappa shape index (κ1) is 10.9. The predicted octanol–water partition coefficient (Wildman–Crippen LogP) is 1.31. The van der Waals surface area contributed by atoms with Crippen LogP contribution in [0.4, 0.5) is 0 Å². The number of hydrogen-bond donors (Lipinski definition) is 0. The van der Waals surface area contributed by atoms with Gasteiger partial charge in [-0.15, -0.1) is 0 Å². The zero-order valence-corrected chi connectivity index (χ0v) is 9.82. The summed E-state index contributed by atoms with van der Waals surface area (Å²) < 4.78 is 0. The summed E-state index contributed by atoms with van der Waals surface area (Å²) in [6, 6.07) is 3.73. The lowest BCUT2D eigenvalue weighted by atomic mass is 10.0. The summed E-state index contributed by atoms with van der Waals surface area (Å²) in [5, 5.41) is 9.08. The van der Waals surface area contributed by atoms with E-state index in [1.54, 1.807) is 0 Å². The highest BCUT2D eigenvalue weighted by molar-refractivity contribution is 4.99. The quantitative estimate of drug-likeness (QED) is 0.684. The molecule has 0 bridgehead atoms. The summed E-state index contributed by atoms with van der Waals surface area (Å²) >= 11 is 0. The molecule has 3 unspecified atom stereocenters. The molecule has 2 fully saturated rings. The maximum atomic E-state index is 9.08. The summed E-state index contributed by atoms with van der Waals surface area (Å²) in [5.41, 5.74) is 0. The van der Waals surface area contributed by atoms with Crippen LogP contribution in [0.25, 0.3) is 0 Å². The average Bonchev–Trinajstić information content (AvgIpc) is 2.85. The van der Waals surface area contributed by atoms with Crippen LogP contribution in [0.2, 0.25) is 0 Å². The zero-order valence-electron chi connectivity index (χ0n) is 9.82. The van der Waals surface area contributed by atoms with Crippen LogP contribution in [-0.2, 0) is 0 Å². The van der Waals surface area contributed by atoms with E-state index in [1.165, 1.54) is 25.8 Å². The smallest absolute Gasteiger partial charge is 0.0672 e. The van der Waals surface area contributed by atoms with Gasteiger partial charge >= 0.3 is 0 Å². The molecule has 84 valence electrons. The molecule has 1 aliphatic carbocycles. The molecule has 1 heterocycles. The van der Waals surface area contributed by atoms with E-state index >= 15 is 0 Å². The first-order chi connectivity index (χ1) is 7.22. The van der Waals surface area contributed by atoms with Crippen LogP contribution >= 0.6 is 0 Å². The molecule has 2 aliphatic rings. The third-order valence-electron chi connectivity index (χ3n) is 4.04. The number of likely N-dealkylation sites (N-methyl/N-ethyl adjacent to an activating group) is 1. The van der Waals surface area contributed by atoms with Crippen LogP contribution in [0.1, 0.15) is 25.7 Å². The largest absolute Gasteiger partial charge is 0.305 e. The maximum Gasteiger partial charge on any atom is 0.0672 e. The number of nitriles is 1. The van der Waals surface area contributed by atoms with E-state index in [1.807, 2.05) is 0 Å². The molecule has 3 heteroatoms. The molecule has 3 nitrogen and oxygen atoms in total. The van der Waals surface area contributed by atoms with Gasteiger partial charge in [0.2, 0.25) is 0 Å². The van der Waals surface area contributed by atoms with Gasteiger partial charge in [0.25, 0.3) is 0 Å². The van der Waals surface area contributed by atoms with Gasteiger partial charge in [0, 0.05) is 25.2 Å². The van der Waals surface area contributed by atoms with Crippen molar-refractivity contribution in [2.75, 3.05) is 27.2 Å². The van der Waals surface area contributed by atoms with Crippen LogP contribution < -0.4 is 0 Å². The summed E-state index contributed by atoms with van der Waals surface area (Å²) in [5.74, 6) is 0.297. The van der Waals surface area contributed by atoms with Crippen molar-refractivity contribution >= 4 is 0 Å². The van der Waals surface area contributed by atoms with Crippen molar-refractivity contribution in [1.82, 2.24) is 9.80 Å². The van der Waals surface area contributed by atoms with Crippen LogP contribution in [0.3, 0.4) is 0 Å². The highest BCUT2D eigenvalue weighted by atomic mass is 15.2. The normalized spacial score (nSPS) is 37.3. The first-order valence-corrected chi connectivity index (χ1v) is 6.02. The molecule has 0 aromatic carbocycles. The van der Waals surface area contributed by atoms with Gasteiger partial charge in [0.05, 0.1) is 12.0 Å². The highest BCUT2D eigenvalue weighted by Crippen LogP contribution is 2.32. The Morgan fingerprint density at radius 3 is 2.67 bits per heavy atom. The van der Waals surface area contributed by atoms with Crippen LogP contribution in [-0.4, -0.2) is 49.1 Å². The van der Waals surface area contributed by atoms with Crippen molar-refractivity contribution in [3.63, 3.8) is 0 Å². The number of rotatable bonds is 2. The Hall–Kier alpha value is -0.590. The molecule has 0 N–H and O–H groups in total. The second-order valence-electron chi connectivity index (χ2n) is 5.13. The molecule has 1 saturated carbocycles. The molecule has 0 radical (unpaired) electrons. The van der Waals surface area contributed by atoms with Crippen LogP contribution in [0.5, 0.6) is 0 Å². The van der Waals surface area contributed by atoms with Crippen LogP contribution in [0, 0.1) is 17.2 Å². The molecular formula is C12H21N3. The Balaban J connectivity index is 1.93. The lowest BCUT2D eigenvalue weighted by molar-refractivity contribution is 0.198. The van der Waals surface area contributed by atoms with E-state index < -0.39 is 0 Å². The van der Waals surface area contributed by atoms with Gasteiger partial charge in [-0.25, -0.2) is 0 Å². The minimum Gasteiger partial charge on any atom is -0.305 e. The van der Waals surface area contributed by atoms with Crippen molar-refractivity contribution < 1.29 is 0 Å². The first-order valence-electron chi connectivity index (χ1n) is 6.02. The fourth-order valence-electron chi connectivity index (χ4n) is 3.02. The number of nitrogens with zero attached hydrogens (tertiary/aromatic N) is 3. The van der Waals surface area contributed by atoms with Gasteiger partial charge in [-0.1, -0.05) is 6.42 Å². The SMILES string of the molecule is CN(C)C1CCN(C2CCCC2C#N)C1. The van der Waals surface area contributed by atoms with Gasteiger partial charge in [-0.3, -0.25) is 4.90 Å². The van der Waals surface area contributed by atoms with Crippen molar-refractivity contribution in [2.45, 2.75) is 37.8 Å². The van der Waals surface area contributed by atoms with Crippen molar-refractivity contribution in [2.24, 2.45) is 5.92 Å². The van der Waals surface area contributed by atoms with E-state index in [2.05, 4.69) is 30.0 Å². The molecule has 1 saturated heterocycles. The van der Waals surface area contributed by atoms with E-state index in [4.69, 9.17) is 5.26 Å². The van der Waals surface area contributed by atoms with Gasteiger partial charge in [0.1, 0.15) is 0 Å². The molecule has 0 aromatic rings. The topological polar surface area (TPSA) is 30.3 Å². The maximum absolute atomic E-state index is 9.08. The Morgan fingerprint density at radius 2 is 2.07 bits per heavy atom. The van der Waals surface area contributed by atoms with E-state index in [0.717, 1.165) is 13.0 Å². The van der Waals surface area contributed by atoms with Gasteiger partial charge in [0.15, 0.2) is 0 Å². The molecule has 0 amide bonds. The lowest BCUT2D eigenvalue weighted by Gasteiger charge is -2.27. The van der Waals surface area contributed by atoms with Gasteiger partial charge < -0.3 is 4.90 Å². The Morgan fingerprint density at radius 1 is 1.27 bits per heavy atom. The highest BCUT2D eigenvalue weighted by Gasteiger charge is 2.36. The van der Waals surface area contributed by atoms with E-state index in [9.17, 15) is 0 Å². The van der Waals surface area contributed by atoms with Crippen molar-refractivity contribution in [3.8, 4) is 6.07 Å². The van der Waals surface area contributed by atoms with Gasteiger partial charge in [-0.05, 0) is 33.4 Å². The molecule has 0 spiro atoms. The monoisotopic (exact) mass is 207 g/mol. The summed E-state index contributed by atoms with van der Waals surface area (Å²) in [4.78, 5) is 4.86. The van der Waals surface area contributed by atoms with Gasteiger partial charge in [-0.2, -0.15) is 5.26 Å².